The van der Waals surface area contributed by atoms with Crippen molar-refractivity contribution in [3.63, 3.8) is 0 Å². The number of hydrogen-bond acceptors (Lipinski definition) is 2. The SMILES string of the molecule is CCC1CC(O)(c2cccc(I)c2)CCO1. The first-order chi connectivity index (χ1) is 7.64. The van der Waals surface area contributed by atoms with Gasteiger partial charge in [-0.05, 0) is 46.7 Å². The van der Waals surface area contributed by atoms with E-state index in [0.29, 0.717) is 19.4 Å². The van der Waals surface area contributed by atoms with Gasteiger partial charge in [0.25, 0.3) is 0 Å². The summed E-state index contributed by atoms with van der Waals surface area (Å²) in [5.74, 6) is 0. The van der Waals surface area contributed by atoms with Crippen molar-refractivity contribution in [3.05, 3.63) is 33.4 Å². The molecule has 0 saturated carbocycles. The Morgan fingerprint density at radius 1 is 1.56 bits per heavy atom. The number of hydrogen-bond donors (Lipinski definition) is 1. The Hall–Kier alpha value is -0.130. The van der Waals surface area contributed by atoms with Crippen LogP contribution in [0.3, 0.4) is 0 Å². The molecule has 1 N–H and O–H groups in total. The van der Waals surface area contributed by atoms with Crippen molar-refractivity contribution < 1.29 is 9.84 Å². The minimum atomic E-state index is -0.694. The average molecular weight is 332 g/mol. The molecule has 1 aromatic carbocycles. The van der Waals surface area contributed by atoms with Crippen molar-refractivity contribution in [2.24, 2.45) is 0 Å². The molecule has 0 radical (unpaired) electrons. The lowest BCUT2D eigenvalue weighted by atomic mass is 9.83. The molecule has 16 heavy (non-hydrogen) atoms. The summed E-state index contributed by atoms with van der Waals surface area (Å²) in [6.45, 7) is 2.76. The van der Waals surface area contributed by atoms with Gasteiger partial charge < -0.3 is 9.84 Å². The monoisotopic (exact) mass is 332 g/mol. The fraction of sp³-hybridized carbons (Fsp3) is 0.538. The summed E-state index contributed by atoms with van der Waals surface area (Å²) in [6, 6.07) is 8.13. The number of rotatable bonds is 2. The van der Waals surface area contributed by atoms with Gasteiger partial charge in [0.05, 0.1) is 18.3 Å². The molecule has 0 amide bonds. The van der Waals surface area contributed by atoms with E-state index in [1.807, 2.05) is 18.2 Å². The van der Waals surface area contributed by atoms with E-state index in [2.05, 4.69) is 35.6 Å². The Bertz CT molecular complexity index is 367. The molecule has 1 aliphatic heterocycles. The molecule has 0 bridgehead atoms. The molecule has 1 aliphatic rings. The van der Waals surface area contributed by atoms with Gasteiger partial charge in [0.2, 0.25) is 0 Å². The van der Waals surface area contributed by atoms with Crippen LogP contribution in [0.4, 0.5) is 0 Å². The van der Waals surface area contributed by atoms with E-state index < -0.39 is 5.60 Å². The largest absolute Gasteiger partial charge is 0.385 e. The molecule has 1 heterocycles. The molecular weight excluding hydrogens is 315 g/mol. The number of benzene rings is 1. The highest BCUT2D eigenvalue weighted by Crippen LogP contribution is 2.35. The van der Waals surface area contributed by atoms with Gasteiger partial charge in [-0.2, -0.15) is 0 Å². The summed E-state index contributed by atoms with van der Waals surface area (Å²) in [7, 11) is 0. The van der Waals surface area contributed by atoms with Crippen molar-refractivity contribution in [1.82, 2.24) is 0 Å². The normalized spacial score (nSPS) is 30.3. The van der Waals surface area contributed by atoms with E-state index in [9.17, 15) is 5.11 Å². The highest BCUT2D eigenvalue weighted by molar-refractivity contribution is 14.1. The number of halogens is 1. The fourth-order valence-electron chi connectivity index (χ4n) is 2.23. The highest BCUT2D eigenvalue weighted by Gasteiger charge is 2.35. The maximum Gasteiger partial charge on any atom is 0.0943 e. The number of aliphatic hydroxyl groups is 1. The fourth-order valence-corrected chi connectivity index (χ4v) is 2.78. The third-order valence-corrected chi connectivity index (χ3v) is 3.92. The quantitative estimate of drug-likeness (QED) is 0.844. The van der Waals surface area contributed by atoms with E-state index in [4.69, 9.17) is 4.74 Å². The summed E-state index contributed by atoms with van der Waals surface area (Å²) < 4.78 is 6.78. The Morgan fingerprint density at radius 3 is 3.06 bits per heavy atom. The lowest BCUT2D eigenvalue weighted by Gasteiger charge is -2.37. The van der Waals surface area contributed by atoms with Gasteiger partial charge in [0.15, 0.2) is 0 Å². The second-order valence-corrected chi connectivity index (χ2v) is 5.64. The van der Waals surface area contributed by atoms with Crippen LogP contribution in [0.2, 0.25) is 0 Å². The van der Waals surface area contributed by atoms with Crippen LogP contribution >= 0.6 is 22.6 Å². The van der Waals surface area contributed by atoms with Crippen LogP contribution in [-0.2, 0) is 10.3 Å². The zero-order chi connectivity index (χ0) is 11.6. The van der Waals surface area contributed by atoms with Crippen molar-refractivity contribution in [3.8, 4) is 0 Å². The lowest BCUT2D eigenvalue weighted by molar-refractivity contribution is -0.108. The van der Waals surface area contributed by atoms with Gasteiger partial charge in [-0.15, -0.1) is 0 Å². The van der Waals surface area contributed by atoms with Crippen LogP contribution in [0, 0.1) is 3.57 Å². The molecule has 0 aromatic heterocycles. The lowest BCUT2D eigenvalue weighted by Crippen LogP contribution is -2.38. The van der Waals surface area contributed by atoms with Crippen molar-refractivity contribution in [2.75, 3.05) is 6.61 Å². The maximum atomic E-state index is 10.7. The van der Waals surface area contributed by atoms with Gasteiger partial charge >= 0.3 is 0 Å². The summed E-state index contributed by atoms with van der Waals surface area (Å²) in [6.07, 6.45) is 2.57. The highest BCUT2D eigenvalue weighted by atomic mass is 127. The minimum Gasteiger partial charge on any atom is -0.385 e. The van der Waals surface area contributed by atoms with Gasteiger partial charge in [-0.3, -0.25) is 0 Å². The summed E-state index contributed by atoms with van der Waals surface area (Å²) in [4.78, 5) is 0. The van der Waals surface area contributed by atoms with E-state index in [0.717, 1.165) is 12.0 Å². The molecule has 2 unspecified atom stereocenters. The van der Waals surface area contributed by atoms with Crippen molar-refractivity contribution in [2.45, 2.75) is 37.9 Å². The molecule has 88 valence electrons. The average Bonchev–Trinajstić information content (AvgIpc) is 2.29. The predicted molar refractivity (Wildman–Crippen MR) is 72.3 cm³/mol. The van der Waals surface area contributed by atoms with E-state index in [1.165, 1.54) is 3.57 Å². The van der Waals surface area contributed by atoms with Crippen LogP contribution in [-0.4, -0.2) is 17.8 Å². The van der Waals surface area contributed by atoms with Crippen LogP contribution in [0.15, 0.2) is 24.3 Å². The molecule has 0 spiro atoms. The molecule has 1 fully saturated rings. The third-order valence-electron chi connectivity index (χ3n) is 3.25. The van der Waals surface area contributed by atoms with Crippen LogP contribution < -0.4 is 0 Å². The second-order valence-electron chi connectivity index (χ2n) is 4.40. The first-order valence-electron chi connectivity index (χ1n) is 5.74. The zero-order valence-corrected chi connectivity index (χ0v) is 11.6. The Balaban J connectivity index is 2.23. The molecule has 2 atom stereocenters. The predicted octanol–water partition coefficient (Wildman–Crippen LogP) is 3.07. The van der Waals surface area contributed by atoms with Crippen LogP contribution in [0.5, 0.6) is 0 Å². The summed E-state index contributed by atoms with van der Waals surface area (Å²) in [5, 5.41) is 10.7. The van der Waals surface area contributed by atoms with Gasteiger partial charge in [0, 0.05) is 16.4 Å². The van der Waals surface area contributed by atoms with Crippen LogP contribution in [0.1, 0.15) is 31.7 Å². The molecule has 0 aliphatic carbocycles. The Kier molecular flexibility index (Phi) is 3.87. The molecule has 2 nitrogen and oxygen atoms in total. The number of ether oxygens (including phenoxy) is 1. The van der Waals surface area contributed by atoms with Crippen LogP contribution in [0.25, 0.3) is 0 Å². The van der Waals surface area contributed by atoms with E-state index >= 15 is 0 Å². The van der Waals surface area contributed by atoms with Gasteiger partial charge in [-0.25, -0.2) is 0 Å². The smallest absolute Gasteiger partial charge is 0.0943 e. The molecule has 3 heteroatoms. The van der Waals surface area contributed by atoms with Crippen molar-refractivity contribution >= 4 is 22.6 Å². The third kappa shape index (κ3) is 2.57. The minimum absolute atomic E-state index is 0.191. The first-order valence-corrected chi connectivity index (χ1v) is 6.82. The van der Waals surface area contributed by atoms with Crippen molar-refractivity contribution in [1.29, 1.82) is 0 Å². The molecule has 1 saturated heterocycles. The zero-order valence-electron chi connectivity index (χ0n) is 9.45. The van der Waals surface area contributed by atoms with E-state index in [-0.39, 0.29) is 6.10 Å². The van der Waals surface area contributed by atoms with Gasteiger partial charge in [0.1, 0.15) is 0 Å². The molecular formula is C13H17IO2. The summed E-state index contributed by atoms with van der Waals surface area (Å²) >= 11 is 2.28. The maximum absolute atomic E-state index is 10.7. The Labute approximate surface area is 110 Å². The second kappa shape index (κ2) is 5.02. The first kappa shape index (κ1) is 12.3. The molecule has 1 aromatic rings. The van der Waals surface area contributed by atoms with Gasteiger partial charge in [-0.1, -0.05) is 19.1 Å². The van der Waals surface area contributed by atoms with E-state index in [1.54, 1.807) is 0 Å². The topological polar surface area (TPSA) is 29.5 Å². The summed E-state index contributed by atoms with van der Waals surface area (Å²) in [5.41, 5.74) is 0.335. The standard InChI is InChI=1S/C13H17IO2/c1-2-12-9-13(15,6-7-16-12)10-4-3-5-11(14)8-10/h3-5,8,12,15H,2,6-7,9H2,1H3. The molecule has 2 rings (SSSR count). The Morgan fingerprint density at radius 2 is 2.38 bits per heavy atom.